The summed E-state index contributed by atoms with van der Waals surface area (Å²) in [5.74, 6) is -0.242. The fourth-order valence-electron chi connectivity index (χ4n) is 1.14. The molecule has 0 atom stereocenters. The molecule has 2 aromatic rings. The van der Waals surface area contributed by atoms with Crippen molar-refractivity contribution in [2.24, 2.45) is 0 Å². The van der Waals surface area contributed by atoms with Gasteiger partial charge < -0.3 is 0 Å². The lowest BCUT2D eigenvalue weighted by atomic mass is 10.2. The van der Waals surface area contributed by atoms with E-state index in [4.69, 9.17) is 0 Å². The number of thiophene rings is 1. The van der Waals surface area contributed by atoms with E-state index in [0.717, 1.165) is 5.56 Å². The first-order chi connectivity index (χ1) is 6.25. The molecule has 0 unspecified atom stereocenters. The number of halogens is 1. The largest absolute Gasteiger partial charge is 0.256 e. The molecule has 0 bridgehead atoms. The molecule has 2 rings (SSSR count). The van der Waals surface area contributed by atoms with Gasteiger partial charge in [-0.25, -0.2) is 4.39 Å². The summed E-state index contributed by atoms with van der Waals surface area (Å²) in [4.78, 5) is 5.30. The number of aryl methyl sites for hydroxylation is 1. The first-order valence-corrected chi connectivity index (χ1v) is 4.81. The number of nitrogens with zero attached hydrogens (tertiary/aromatic N) is 1. The van der Waals surface area contributed by atoms with Crippen LogP contribution >= 0.6 is 11.3 Å². The van der Waals surface area contributed by atoms with Gasteiger partial charge in [0.2, 0.25) is 0 Å². The Hall–Kier alpha value is -1.22. The highest BCUT2D eigenvalue weighted by atomic mass is 32.1. The summed E-state index contributed by atoms with van der Waals surface area (Å²) in [5, 5.41) is 1.98. The second-order valence-corrected chi connectivity index (χ2v) is 3.92. The molecule has 2 heterocycles. The van der Waals surface area contributed by atoms with Gasteiger partial charge in [-0.15, -0.1) is 11.3 Å². The van der Waals surface area contributed by atoms with Crippen LogP contribution in [0.3, 0.4) is 0 Å². The van der Waals surface area contributed by atoms with Gasteiger partial charge in [0.25, 0.3) is 0 Å². The summed E-state index contributed by atoms with van der Waals surface area (Å²) in [7, 11) is 0. The Morgan fingerprint density at radius 1 is 1.38 bits per heavy atom. The lowest BCUT2D eigenvalue weighted by molar-refractivity contribution is 0.626. The minimum Gasteiger partial charge on any atom is -0.256 e. The summed E-state index contributed by atoms with van der Waals surface area (Å²) < 4.78 is 12.8. The van der Waals surface area contributed by atoms with Crippen molar-refractivity contribution in [3.05, 3.63) is 40.5 Å². The zero-order valence-corrected chi connectivity index (χ0v) is 7.94. The zero-order chi connectivity index (χ0) is 9.26. The predicted octanol–water partition coefficient (Wildman–Crippen LogP) is 3.26. The van der Waals surface area contributed by atoms with E-state index in [9.17, 15) is 4.39 Å². The molecule has 0 aliphatic heterocycles. The van der Waals surface area contributed by atoms with Gasteiger partial charge in [-0.2, -0.15) is 0 Å². The second kappa shape index (κ2) is 3.26. The molecule has 0 aliphatic carbocycles. The smallest absolute Gasteiger partial charge is 0.126 e. The molecule has 0 amide bonds. The third-order valence-corrected chi connectivity index (χ3v) is 2.61. The molecule has 0 aromatic carbocycles. The van der Waals surface area contributed by atoms with E-state index in [1.165, 1.54) is 23.2 Å². The molecule has 0 saturated heterocycles. The Morgan fingerprint density at radius 2 is 2.23 bits per heavy atom. The minimum absolute atomic E-state index is 0.242. The Balaban J connectivity index is 2.46. The molecular weight excluding hydrogens is 185 g/mol. The molecule has 3 heteroatoms. The number of hydrogen-bond acceptors (Lipinski definition) is 2. The van der Waals surface area contributed by atoms with Crippen LogP contribution < -0.4 is 0 Å². The quantitative estimate of drug-likeness (QED) is 0.677. The van der Waals surface area contributed by atoms with E-state index in [1.54, 1.807) is 11.3 Å². The predicted molar refractivity (Wildman–Crippen MR) is 52.2 cm³/mol. The fourth-order valence-corrected chi connectivity index (χ4v) is 1.84. The maximum Gasteiger partial charge on any atom is 0.126 e. The first-order valence-electron chi connectivity index (χ1n) is 3.93. The van der Waals surface area contributed by atoms with E-state index in [0.29, 0.717) is 5.69 Å². The number of rotatable bonds is 1. The highest BCUT2D eigenvalue weighted by molar-refractivity contribution is 7.10. The van der Waals surface area contributed by atoms with Crippen molar-refractivity contribution in [3.63, 3.8) is 0 Å². The normalized spacial score (nSPS) is 10.3. The van der Waals surface area contributed by atoms with Gasteiger partial charge >= 0.3 is 0 Å². The van der Waals surface area contributed by atoms with Crippen LogP contribution in [0.25, 0.3) is 11.3 Å². The van der Waals surface area contributed by atoms with Crippen molar-refractivity contribution >= 4 is 11.3 Å². The summed E-state index contributed by atoms with van der Waals surface area (Å²) in [6, 6.07) is 4.80. The van der Waals surface area contributed by atoms with Crippen molar-refractivity contribution in [1.29, 1.82) is 0 Å². The Morgan fingerprint density at radius 3 is 2.85 bits per heavy atom. The molecule has 0 N–H and O–H groups in total. The average Bonchev–Trinajstić information content (AvgIpc) is 2.52. The van der Waals surface area contributed by atoms with Gasteiger partial charge in [0.05, 0.1) is 5.69 Å². The third kappa shape index (κ3) is 1.75. The molecule has 0 fully saturated rings. The molecule has 1 nitrogen and oxygen atoms in total. The standard InChI is InChI=1S/C10H8FNS/c1-7-4-8(6-13-7)10-5-9(11)2-3-12-10/h2-6H,1H3. The highest BCUT2D eigenvalue weighted by Crippen LogP contribution is 2.23. The monoisotopic (exact) mass is 193 g/mol. The number of aromatic nitrogens is 1. The number of hydrogen-bond donors (Lipinski definition) is 0. The highest BCUT2D eigenvalue weighted by Gasteiger charge is 2.01. The third-order valence-electron chi connectivity index (χ3n) is 1.75. The van der Waals surface area contributed by atoms with Crippen molar-refractivity contribution in [1.82, 2.24) is 4.98 Å². The van der Waals surface area contributed by atoms with E-state index >= 15 is 0 Å². The molecule has 13 heavy (non-hydrogen) atoms. The van der Waals surface area contributed by atoms with Crippen LogP contribution in [-0.2, 0) is 0 Å². The number of pyridine rings is 1. The van der Waals surface area contributed by atoms with Crippen molar-refractivity contribution in [2.45, 2.75) is 6.92 Å². The van der Waals surface area contributed by atoms with Crippen LogP contribution in [0.1, 0.15) is 4.88 Å². The van der Waals surface area contributed by atoms with Gasteiger partial charge in [0.15, 0.2) is 0 Å². The maximum atomic E-state index is 12.8. The van der Waals surface area contributed by atoms with Crippen LogP contribution in [0.4, 0.5) is 4.39 Å². The molecule has 0 aliphatic rings. The maximum absolute atomic E-state index is 12.8. The van der Waals surface area contributed by atoms with Crippen LogP contribution in [-0.4, -0.2) is 4.98 Å². The topological polar surface area (TPSA) is 12.9 Å². The van der Waals surface area contributed by atoms with Gasteiger partial charge in [-0.1, -0.05) is 0 Å². The van der Waals surface area contributed by atoms with Gasteiger partial charge in [-0.3, -0.25) is 4.98 Å². The average molecular weight is 193 g/mol. The Labute approximate surface area is 79.9 Å². The molecule has 0 spiro atoms. The van der Waals surface area contributed by atoms with E-state index in [1.807, 2.05) is 18.4 Å². The van der Waals surface area contributed by atoms with Crippen LogP contribution in [0.15, 0.2) is 29.8 Å². The molecular formula is C10H8FNS. The molecule has 66 valence electrons. The SMILES string of the molecule is Cc1cc(-c2cc(F)ccn2)cs1. The first kappa shape index (κ1) is 8.38. The summed E-state index contributed by atoms with van der Waals surface area (Å²) in [5.41, 5.74) is 1.69. The molecule has 0 radical (unpaired) electrons. The summed E-state index contributed by atoms with van der Waals surface area (Å²) in [6.07, 6.45) is 1.48. The van der Waals surface area contributed by atoms with Gasteiger partial charge in [-0.05, 0) is 19.1 Å². The van der Waals surface area contributed by atoms with Gasteiger partial charge in [0.1, 0.15) is 5.82 Å². The molecule has 2 aromatic heterocycles. The molecule has 0 saturated carbocycles. The van der Waals surface area contributed by atoms with E-state index in [-0.39, 0.29) is 5.82 Å². The Kier molecular flexibility index (Phi) is 2.10. The summed E-state index contributed by atoms with van der Waals surface area (Å²) in [6.45, 7) is 2.02. The van der Waals surface area contributed by atoms with Gasteiger partial charge in [0, 0.05) is 28.1 Å². The van der Waals surface area contributed by atoms with Crippen molar-refractivity contribution < 1.29 is 4.39 Å². The van der Waals surface area contributed by atoms with Crippen LogP contribution in [0.2, 0.25) is 0 Å². The van der Waals surface area contributed by atoms with Crippen LogP contribution in [0.5, 0.6) is 0 Å². The zero-order valence-electron chi connectivity index (χ0n) is 7.12. The van der Waals surface area contributed by atoms with Crippen LogP contribution in [0, 0.1) is 12.7 Å². The summed E-state index contributed by atoms with van der Waals surface area (Å²) >= 11 is 1.64. The van der Waals surface area contributed by atoms with E-state index in [2.05, 4.69) is 4.98 Å². The second-order valence-electron chi connectivity index (χ2n) is 2.81. The Bertz CT molecular complexity index is 422. The van der Waals surface area contributed by atoms with Crippen molar-refractivity contribution in [3.8, 4) is 11.3 Å². The lowest BCUT2D eigenvalue weighted by Crippen LogP contribution is -1.81. The fraction of sp³-hybridized carbons (Fsp3) is 0.100. The van der Waals surface area contributed by atoms with Crippen molar-refractivity contribution in [2.75, 3.05) is 0 Å². The minimum atomic E-state index is -0.242. The van der Waals surface area contributed by atoms with E-state index < -0.39 is 0 Å². The lowest BCUT2D eigenvalue weighted by Gasteiger charge is -1.95.